The van der Waals surface area contributed by atoms with Gasteiger partial charge in [0.2, 0.25) is 0 Å². The molecule has 8 rings (SSSR count). The average molecular weight is 681 g/mol. The van der Waals surface area contributed by atoms with Gasteiger partial charge in [0.05, 0.1) is 43.2 Å². The van der Waals surface area contributed by atoms with E-state index in [0.717, 1.165) is 32.1 Å². The minimum Gasteiger partial charge on any atom is -0.390 e. The molecule has 2 saturated heterocycles. The van der Waals surface area contributed by atoms with Crippen LogP contribution in [-0.2, 0) is 14.2 Å². The molecule has 1 aromatic heterocycles. The average Bonchev–Trinajstić information content (AvgIpc) is 3.70. The fourth-order valence-corrected chi connectivity index (χ4v) is 13.9. The molecular weight excluding hydrogens is 620 g/mol. The summed E-state index contributed by atoms with van der Waals surface area (Å²) in [5.41, 5.74) is -0.712. The molecule has 0 radical (unpaired) electrons. The largest absolute Gasteiger partial charge is 0.390 e. The molecule has 49 heavy (non-hydrogen) atoms. The first kappa shape index (κ1) is 34.5. The summed E-state index contributed by atoms with van der Waals surface area (Å²) in [6, 6.07) is 5.43. The van der Waals surface area contributed by atoms with Gasteiger partial charge in [-0.25, -0.2) is 0 Å². The van der Waals surface area contributed by atoms with Gasteiger partial charge >= 0.3 is 0 Å². The predicted molar refractivity (Wildman–Crippen MR) is 183 cm³/mol. The Morgan fingerprint density at radius 3 is 2.53 bits per heavy atom. The van der Waals surface area contributed by atoms with Crippen molar-refractivity contribution in [2.75, 3.05) is 19.7 Å². The minimum atomic E-state index is -1.26. The first-order valence-electron chi connectivity index (χ1n) is 19.2. The normalized spacial score (nSPS) is 49.1. The summed E-state index contributed by atoms with van der Waals surface area (Å²) in [5.74, 6) is 1.38. The maximum absolute atomic E-state index is 13.2. The van der Waals surface area contributed by atoms with Crippen LogP contribution in [0.4, 0.5) is 0 Å². The number of aromatic nitrogens is 1. The van der Waals surface area contributed by atoms with Gasteiger partial charge in [0, 0.05) is 18.2 Å². The van der Waals surface area contributed by atoms with E-state index in [1.165, 1.54) is 12.8 Å². The van der Waals surface area contributed by atoms with E-state index < -0.39 is 30.2 Å². The van der Waals surface area contributed by atoms with E-state index in [4.69, 9.17) is 14.2 Å². The summed E-state index contributed by atoms with van der Waals surface area (Å²) in [6.07, 6.45) is 7.40. The first-order chi connectivity index (χ1) is 23.0. The molecule has 7 fully saturated rings. The van der Waals surface area contributed by atoms with Crippen molar-refractivity contribution in [2.45, 2.75) is 142 Å². The number of carbonyl (C=O) groups is 1. The SMILES string of the molecule is C[C@@H]1CC(C(O)C(C)(C)O)OC2[C@H]1C1(C)CCC34CC35CCC(O[C@H]3CN(C(=O)c6ccccn6)CCO3)C(C)(C)[C@@H]5CCC4[C@]1(C)[C@H]2O. The van der Waals surface area contributed by atoms with Gasteiger partial charge in [-0.05, 0) is 123 Å². The van der Waals surface area contributed by atoms with Crippen LogP contribution in [0.3, 0.4) is 0 Å². The fraction of sp³-hybridized carbons (Fsp3) is 0.850. The molecule has 7 aliphatic rings. The number of amides is 1. The Hall–Kier alpha value is -1.62. The van der Waals surface area contributed by atoms with Gasteiger partial charge in [-0.2, -0.15) is 0 Å². The maximum atomic E-state index is 13.2. The lowest BCUT2D eigenvalue weighted by atomic mass is 9.41. The number of aliphatic hydroxyl groups excluding tert-OH is 2. The number of nitrogens with zero attached hydrogens (tertiary/aromatic N) is 2. The van der Waals surface area contributed by atoms with Gasteiger partial charge in [-0.3, -0.25) is 9.78 Å². The molecule has 5 aliphatic carbocycles. The van der Waals surface area contributed by atoms with Crippen molar-refractivity contribution in [3.05, 3.63) is 30.1 Å². The Balaban J connectivity index is 1.00. The molecule has 3 heterocycles. The zero-order valence-electron chi connectivity index (χ0n) is 30.7. The van der Waals surface area contributed by atoms with Crippen LogP contribution < -0.4 is 0 Å². The Labute approximate surface area is 292 Å². The van der Waals surface area contributed by atoms with Gasteiger partial charge in [0.25, 0.3) is 5.91 Å². The Morgan fingerprint density at radius 2 is 1.82 bits per heavy atom. The van der Waals surface area contributed by atoms with Gasteiger partial charge in [0.15, 0.2) is 6.29 Å². The van der Waals surface area contributed by atoms with Crippen LogP contribution in [0.5, 0.6) is 0 Å². The van der Waals surface area contributed by atoms with Crippen LogP contribution in [0.2, 0.25) is 0 Å². The highest BCUT2D eigenvalue weighted by Gasteiger charge is 2.84. The molecule has 272 valence electrons. The van der Waals surface area contributed by atoms with E-state index in [0.29, 0.717) is 43.6 Å². The zero-order valence-corrected chi connectivity index (χ0v) is 30.7. The number of pyridine rings is 1. The number of hydrogen-bond donors (Lipinski definition) is 3. The van der Waals surface area contributed by atoms with Crippen LogP contribution in [0, 0.1) is 50.7 Å². The van der Waals surface area contributed by atoms with Crippen molar-refractivity contribution in [1.29, 1.82) is 0 Å². The molecule has 14 atom stereocenters. The number of ether oxygens (including phenoxy) is 3. The molecule has 9 nitrogen and oxygen atoms in total. The van der Waals surface area contributed by atoms with Gasteiger partial charge in [-0.15, -0.1) is 0 Å². The van der Waals surface area contributed by atoms with E-state index in [9.17, 15) is 20.1 Å². The van der Waals surface area contributed by atoms with E-state index in [-0.39, 0.29) is 57.0 Å². The molecule has 0 aromatic carbocycles. The van der Waals surface area contributed by atoms with E-state index in [1.807, 2.05) is 17.0 Å². The molecule has 2 aliphatic heterocycles. The second-order valence-corrected chi connectivity index (χ2v) is 19.0. The van der Waals surface area contributed by atoms with Crippen molar-refractivity contribution in [1.82, 2.24) is 9.88 Å². The number of carbonyl (C=O) groups excluding carboxylic acids is 1. The quantitative estimate of drug-likeness (QED) is 0.388. The zero-order chi connectivity index (χ0) is 34.9. The first-order valence-corrected chi connectivity index (χ1v) is 19.2. The van der Waals surface area contributed by atoms with Gasteiger partial charge in [-0.1, -0.05) is 40.7 Å². The number of rotatable bonds is 5. The summed E-state index contributed by atoms with van der Waals surface area (Å²) < 4.78 is 19.6. The minimum absolute atomic E-state index is 0.0463. The topological polar surface area (TPSA) is 122 Å². The Morgan fingerprint density at radius 1 is 1.08 bits per heavy atom. The highest BCUT2D eigenvalue weighted by atomic mass is 16.7. The van der Waals surface area contributed by atoms with Gasteiger partial charge in [0.1, 0.15) is 11.8 Å². The summed E-state index contributed by atoms with van der Waals surface area (Å²) in [4.78, 5) is 19.3. The van der Waals surface area contributed by atoms with E-state index in [1.54, 1.807) is 26.1 Å². The van der Waals surface area contributed by atoms with Crippen LogP contribution in [0.1, 0.15) is 110 Å². The molecule has 5 saturated carbocycles. The van der Waals surface area contributed by atoms with Crippen LogP contribution >= 0.6 is 0 Å². The molecule has 0 bridgehead atoms. The number of hydrogen-bond acceptors (Lipinski definition) is 8. The smallest absolute Gasteiger partial charge is 0.272 e. The number of aliphatic hydroxyl groups is 3. The molecule has 1 aromatic rings. The molecule has 1 amide bonds. The summed E-state index contributed by atoms with van der Waals surface area (Å²) in [6.45, 7) is 16.6. The highest BCUT2D eigenvalue weighted by Crippen LogP contribution is 2.89. The molecule has 3 N–H and O–H groups in total. The van der Waals surface area contributed by atoms with Gasteiger partial charge < -0.3 is 34.4 Å². The predicted octanol–water partition coefficient (Wildman–Crippen LogP) is 5.21. The standard InChI is InChI=1S/C40H60N2O7/c1-23-20-25(32(43)36(4,5)46)48-31-30(23)37(6)15-16-40-22-39(40)14-13-28(35(2,3)26(39)11-12-27(40)38(37,7)33(31)44)49-29-21-42(18-19-47-29)34(45)24-10-8-9-17-41-24/h8-10,17,23,25-33,43-44,46H,11-16,18-22H2,1-7H3/t23-,25?,26+,27?,28?,29+,30+,31?,32?,33+,37?,38-,39?,40?/m1/s1. The number of morpholine rings is 1. The Bertz CT molecular complexity index is 1450. The Kier molecular flexibility index (Phi) is 7.87. The third-order valence-corrected chi connectivity index (χ3v) is 16.4. The lowest BCUT2D eigenvalue weighted by molar-refractivity contribution is -0.245. The van der Waals surface area contributed by atoms with Crippen LogP contribution in [0.25, 0.3) is 0 Å². The summed E-state index contributed by atoms with van der Waals surface area (Å²) >= 11 is 0. The lowest BCUT2D eigenvalue weighted by Gasteiger charge is -2.64. The van der Waals surface area contributed by atoms with Crippen molar-refractivity contribution >= 4 is 5.91 Å². The monoisotopic (exact) mass is 680 g/mol. The van der Waals surface area contributed by atoms with Crippen molar-refractivity contribution in [3.63, 3.8) is 0 Å². The second kappa shape index (κ2) is 11.2. The van der Waals surface area contributed by atoms with Crippen LogP contribution in [-0.4, -0.2) is 93.2 Å². The highest BCUT2D eigenvalue weighted by molar-refractivity contribution is 5.92. The third kappa shape index (κ3) is 4.64. The summed E-state index contributed by atoms with van der Waals surface area (Å²) in [5, 5.41) is 34.1. The third-order valence-electron chi connectivity index (χ3n) is 16.4. The summed E-state index contributed by atoms with van der Waals surface area (Å²) in [7, 11) is 0. The molecule has 9 heteroatoms. The van der Waals surface area contributed by atoms with E-state index >= 15 is 0 Å². The van der Waals surface area contributed by atoms with Crippen molar-refractivity contribution in [3.8, 4) is 0 Å². The van der Waals surface area contributed by atoms with E-state index in [2.05, 4.69) is 39.6 Å². The lowest BCUT2D eigenvalue weighted by Crippen LogP contribution is -2.60. The second-order valence-electron chi connectivity index (χ2n) is 19.0. The molecule has 8 unspecified atom stereocenters. The van der Waals surface area contributed by atoms with Crippen LogP contribution in [0.15, 0.2) is 24.4 Å². The molecule has 2 spiro atoms. The van der Waals surface area contributed by atoms with Crippen molar-refractivity contribution < 1.29 is 34.3 Å². The fourth-order valence-electron chi connectivity index (χ4n) is 13.9. The van der Waals surface area contributed by atoms with Crippen molar-refractivity contribution in [2.24, 2.45) is 50.7 Å². The maximum Gasteiger partial charge on any atom is 0.272 e. The number of fused-ring (bicyclic) bond motifs is 4. The molecular formula is C40H60N2O7.